The number of aromatic hydroxyl groups is 1. The van der Waals surface area contributed by atoms with Gasteiger partial charge in [0.05, 0.1) is 8.07 Å². The molecule has 5 unspecified atom stereocenters. The van der Waals surface area contributed by atoms with Gasteiger partial charge in [-0.05, 0) is 87.2 Å². The third kappa shape index (κ3) is 7.50. The Bertz CT molecular complexity index is 1750. The third-order valence-electron chi connectivity index (χ3n) is 12.3. The van der Waals surface area contributed by atoms with Gasteiger partial charge in [-0.25, -0.2) is 0 Å². The van der Waals surface area contributed by atoms with Gasteiger partial charge in [0.1, 0.15) is 5.75 Å². The maximum atomic E-state index is 12.3. The van der Waals surface area contributed by atoms with E-state index in [2.05, 4.69) is 168 Å². The molecule has 6 rings (SSSR count). The van der Waals surface area contributed by atoms with Gasteiger partial charge >= 0.3 is 21.7 Å². The minimum atomic E-state index is -2.33. The van der Waals surface area contributed by atoms with Crippen LogP contribution in [0, 0.1) is 48.0 Å². The monoisotopic (exact) mass is 752 g/mol. The van der Waals surface area contributed by atoms with Crippen molar-refractivity contribution in [1.82, 2.24) is 0 Å². The molecule has 0 bridgehead atoms. The smallest absolute Gasteiger partial charge is 0.508 e. The quantitative estimate of drug-likeness (QED) is 0.207. The molecule has 1 aliphatic heterocycles. The van der Waals surface area contributed by atoms with E-state index in [4.69, 9.17) is 0 Å². The van der Waals surface area contributed by atoms with Gasteiger partial charge in [0.15, 0.2) is 0 Å². The van der Waals surface area contributed by atoms with Gasteiger partial charge in [0.2, 0.25) is 0 Å². The minimum Gasteiger partial charge on any atom is -0.508 e. The molecule has 0 aromatic heterocycles. The first kappa shape index (κ1) is 45.8. The Labute approximate surface area is 336 Å². The van der Waals surface area contributed by atoms with E-state index in [1.807, 2.05) is 0 Å². The summed E-state index contributed by atoms with van der Waals surface area (Å²) in [7, 11) is -2.33. The van der Waals surface area contributed by atoms with Crippen LogP contribution in [0.5, 0.6) is 5.75 Å². The Balaban J connectivity index is 0.00000234. The van der Waals surface area contributed by atoms with Gasteiger partial charge in [-0.2, -0.15) is 0 Å². The average molecular weight is 753 g/mol. The zero-order valence-electron chi connectivity index (χ0n) is 35.6. The number of allylic oxidation sites excluding steroid dienone is 3. The molecule has 3 aromatic rings. The number of fused-ring (bicyclic) bond motifs is 5. The molecule has 3 aromatic carbocycles. The van der Waals surface area contributed by atoms with Gasteiger partial charge in [-0.3, -0.25) is 0 Å². The number of phenols is 1. The number of hydrogen-bond acceptors (Lipinski definition) is 2. The molecule has 1 radical (unpaired) electrons. The van der Waals surface area contributed by atoms with Crippen molar-refractivity contribution in [1.29, 1.82) is 0 Å². The van der Waals surface area contributed by atoms with Gasteiger partial charge in [0.25, 0.3) is 0 Å². The number of hydrogen-bond donors (Lipinski definition) is 1. The molecule has 4 heteroatoms. The molecular weight excluding hydrogens is 682 g/mol. The normalized spacial score (nSPS) is 21.9. The summed E-state index contributed by atoms with van der Waals surface area (Å²) in [5, 5.41) is 13.6. The SMILES string of the molecule is CC[Si](CC)(c1cc(C)cc(C(C)(C)C)c1O)C1C2C=CC=CC2C2C1c1cc(C)ccc1N2c1cc(C(C)(C)C)cc(C(C)(C)C)c1.[CH3-].[CH3-].[CH3-].[Ti+3]. The second-order valence-electron chi connectivity index (χ2n) is 18.5. The molecule has 0 amide bonds. The van der Waals surface area contributed by atoms with Crippen LogP contribution in [0.3, 0.4) is 0 Å². The van der Waals surface area contributed by atoms with Gasteiger partial charge < -0.3 is 32.3 Å². The van der Waals surface area contributed by atoms with Crippen LogP contribution in [-0.4, -0.2) is 19.2 Å². The standard InChI is InChI=1S/C45H61NOSi.3CH3.Ti/c1-14-48(15-2,38-24-29(4)23-36(41(38)47)45(11,12)13)42-34-19-17-16-18-33(34)40-39(42)35-22-28(3)20-21-37(35)46(40)32-26-30(43(5,6)7)25-31(27-32)44(8,9)10;;;;/h16-27,33-34,39-40,42,47H,14-15H2,1-13H3;3*1H3;/q;3*-1;+3. The van der Waals surface area contributed by atoms with Crippen LogP contribution in [0.4, 0.5) is 11.4 Å². The number of rotatable bonds is 5. The molecule has 281 valence electrons. The van der Waals surface area contributed by atoms with E-state index in [9.17, 15) is 5.11 Å². The minimum absolute atomic E-state index is 0. The predicted octanol–water partition coefficient (Wildman–Crippen LogP) is 13.0. The summed E-state index contributed by atoms with van der Waals surface area (Å²) in [6, 6.07) is 21.9. The molecule has 2 aliphatic carbocycles. The number of anilines is 2. The molecule has 1 fully saturated rings. The first-order chi connectivity index (χ1) is 22.3. The Hall–Kier alpha value is -2.33. The van der Waals surface area contributed by atoms with E-state index in [1.54, 1.807) is 0 Å². The van der Waals surface area contributed by atoms with Gasteiger partial charge in [-0.15, -0.1) is 0 Å². The Kier molecular flexibility index (Phi) is 13.9. The summed E-state index contributed by atoms with van der Waals surface area (Å²) < 4.78 is 0. The average Bonchev–Trinajstić information content (AvgIpc) is 3.51. The Morgan fingerprint density at radius 2 is 1.21 bits per heavy atom. The number of nitrogens with zero attached hydrogens (tertiary/aromatic N) is 1. The molecule has 3 aliphatic rings. The van der Waals surface area contributed by atoms with Crippen molar-refractivity contribution < 1.29 is 26.8 Å². The second kappa shape index (κ2) is 15.8. The number of aryl methyl sites for hydroxylation is 2. The summed E-state index contributed by atoms with van der Waals surface area (Å²) in [6.07, 6.45) is 9.71. The van der Waals surface area contributed by atoms with E-state index in [0.717, 1.165) is 17.7 Å². The summed E-state index contributed by atoms with van der Waals surface area (Å²) in [6.45, 7) is 30.2. The van der Waals surface area contributed by atoms with Crippen molar-refractivity contribution in [2.24, 2.45) is 11.8 Å². The van der Waals surface area contributed by atoms with Crippen LogP contribution in [0.1, 0.15) is 115 Å². The molecule has 1 N–H and O–H groups in total. The third-order valence-corrected chi connectivity index (χ3v) is 18.3. The first-order valence-electron chi connectivity index (χ1n) is 18.6. The van der Waals surface area contributed by atoms with Crippen LogP contribution in [0.25, 0.3) is 0 Å². The van der Waals surface area contributed by atoms with Crippen molar-refractivity contribution in [2.75, 3.05) is 4.90 Å². The van der Waals surface area contributed by atoms with Gasteiger partial charge in [0, 0.05) is 29.3 Å². The molecule has 2 nitrogen and oxygen atoms in total. The number of benzene rings is 3. The zero-order chi connectivity index (χ0) is 35.1. The topological polar surface area (TPSA) is 23.5 Å². The zero-order valence-corrected chi connectivity index (χ0v) is 38.2. The van der Waals surface area contributed by atoms with E-state index < -0.39 is 8.07 Å². The van der Waals surface area contributed by atoms with Gasteiger partial charge in [-0.1, -0.05) is 154 Å². The summed E-state index contributed by atoms with van der Waals surface area (Å²) in [5.74, 6) is 1.78. The van der Waals surface area contributed by atoms with Crippen LogP contribution >= 0.6 is 0 Å². The summed E-state index contributed by atoms with van der Waals surface area (Å²) in [4.78, 5) is 2.77. The fourth-order valence-electron chi connectivity index (χ4n) is 9.72. The van der Waals surface area contributed by atoms with Crippen molar-refractivity contribution in [3.63, 3.8) is 0 Å². The molecular formula is C48H70NOSiTi. The Morgan fingerprint density at radius 3 is 1.71 bits per heavy atom. The molecule has 1 saturated carbocycles. The predicted molar refractivity (Wildman–Crippen MR) is 230 cm³/mol. The van der Waals surface area contributed by atoms with E-state index in [0.29, 0.717) is 35.1 Å². The van der Waals surface area contributed by atoms with Crippen LogP contribution in [-0.2, 0) is 38.0 Å². The molecule has 1 heterocycles. The molecule has 0 saturated heterocycles. The first-order valence-corrected chi connectivity index (χ1v) is 21.1. The summed E-state index contributed by atoms with van der Waals surface area (Å²) in [5.41, 5.74) is 11.2. The maximum Gasteiger partial charge on any atom is 3.00 e. The van der Waals surface area contributed by atoms with E-state index >= 15 is 0 Å². The maximum absolute atomic E-state index is 12.3. The molecule has 5 atom stereocenters. The van der Waals surface area contributed by atoms with Crippen molar-refractivity contribution >= 4 is 24.6 Å². The summed E-state index contributed by atoms with van der Waals surface area (Å²) >= 11 is 0. The fraction of sp³-hybridized carbons (Fsp3) is 0.479. The van der Waals surface area contributed by atoms with Crippen molar-refractivity contribution in [3.8, 4) is 5.75 Å². The molecule has 52 heavy (non-hydrogen) atoms. The Morgan fingerprint density at radius 1 is 0.673 bits per heavy atom. The van der Waals surface area contributed by atoms with E-state index in [-0.39, 0.29) is 60.2 Å². The van der Waals surface area contributed by atoms with Crippen LogP contribution < -0.4 is 10.1 Å². The van der Waals surface area contributed by atoms with Crippen molar-refractivity contribution in [3.05, 3.63) is 128 Å². The van der Waals surface area contributed by atoms with E-state index in [1.165, 1.54) is 44.4 Å². The fourth-order valence-corrected chi connectivity index (χ4v) is 15.5. The number of phenolic OH excluding ortho intramolecular Hbond substituents is 1. The van der Waals surface area contributed by atoms with Crippen LogP contribution in [0.15, 0.2) is 72.8 Å². The second-order valence-corrected chi connectivity index (χ2v) is 23.4. The van der Waals surface area contributed by atoms with Crippen LogP contribution in [0.2, 0.25) is 17.6 Å². The molecule has 0 spiro atoms. The largest absolute Gasteiger partial charge is 3.00 e. The van der Waals surface area contributed by atoms with Crippen molar-refractivity contribution in [2.45, 2.75) is 136 Å².